The van der Waals surface area contributed by atoms with Gasteiger partial charge in [-0.25, -0.2) is 13.6 Å². The molecule has 4 rings (SSSR count). The van der Waals surface area contributed by atoms with Gasteiger partial charge >= 0.3 is 6.09 Å². The number of ether oxygens (including phenoxy) is 2. The Labute approximate surface area is 147 Å². The molecule has 1 amide bonds. The van der Waals surface area contributed by atoms with Gasteiger partial charge in [0.1, 0.15) is 11.8 Å². The van der Waals surface area contributed by atoms with Crippen LogP contribution in [0, 0.1) is 11.6 Å². The fourth-order valence-electron chi connectivity index (χ4n) is 3.76. The van der Waals surface area contributed by atoms with E-state index in [0.29, 0.717) is 13.1 Å². The Morgan fingerprint density at radius 1 is 1.19 bits per heavy atom. The van der Waals surface area contributed by atoms with Gasteiger partial charge in [-0.2, -0.15) is 0 Å². The fourth-order valence-corrected chi connectivity index (χ4v) is 3.76. The van der Waals surface area contributed by atoms with Crippen LogP contribution in [-0.4, -0.2) is 50.6 Å². The summed E-state index contributed by atoms with van der Waals surface area (Å²) in [5, 5.41) is 3.36. The van der Waals surface area contributed by atoms with E-state index in [1.165, 1.54) is 0 Å². The third kappa shape index (κ3) is 3.02. The lowest BCUT2D eigenvalue weighted by Crippen LogP contribution is -2.43. The van der Waals surface area contributed by atoms with E-state index >= 15 is 0 Å². The molecule has 8 nitrogen and oxygen atoms in total. The predicted molar refractivity (Wildman–Crippen MR) is 88.1 cm³/mol. The highest BCUT2D eigenvalue weighted by atomic mass is 19.1. The number of cyclic esters (lactones) is 1. The third-order valence-electron chi connectivity index (χ3n) is 4.90. The number of morpholine rings is 1. The van der Waals surface area contributed by atoms with Crippen molar-refractivity contribution in [1.82, 2.24) is 0 Å². The van der Waals surface area contributed by atoms with Crippen molar-refractivity contribution in [3.63, 3.8) is 0 Å². The summed E-state index contributed by atoms with van der Waals surface area (Å²) in [6, 6.07) is 2.26. The number of halogens is 2. The minimum Gasteiger partial charge on any atom is -0.444 e. The monoisotopic (exact) mass is 365 g/mol. The number of nitrogens with zero attached hydrogens (tertiary/aromatic N) is 5. The number of benzene rings is 1. The Bertz CT molecular complexity index is 750. The van der Waals surface area contributed by atoms with Crippen molar-refractivity contribution in [3.05, 3.63) is 34.2 Å². The zero-order valence-electron chi connectivity index (χ0n) is 13.8. The van der Waals surface area contributed by atoms with Gasteiger partial charge in [-0.15, -0.1) is 0 Å². The van der Waals surface area contributed by atoms with Crippen LogP contribution in [-0.2, 0) is 9.47 Å². The van der Waals surface area contributed by atoms with E-state index in [4.69, 9.17) is 15.0 Å². The van der Waals surface area contributed by atoms with Gasteiger partial charge in [0.15, 0.2) is 11.6 Å². The van der Waals surface area contributed by atoms with E-state index in [9.17, 15) is 13.6 Å². The highest BCUT2D eigenvalue weighted by Crippen LogP contribution is 2.35. The number of azide groups is 1. The van der Waals surface area contributed by atoms with Crippen LogP contribution in [0.4, 0.5) is 25.0 Å². The van der Waals surface area contributed by atoms with E-state index in [-0.39, 0.29) is 36.7 Å². The smallest absolute Gasteiger partial charge is 0.414 e. The highest BCUT2D eigenvalue weighted by molar-refractivity contribution is 5.90. The van der Waals surface area contributed by atoms with Crippen molar-refractivity contribution < 1.29 is 23.0 Å². The number of anilines is 2. The van der Waals surface area contributed by atoms with Gasteiger partial charge in [0.05, 0.1) is 31.0 Å². The topological polar surface area (TPSA) is 90.8 Å². The number of hydrogen-bond donors (Lipinski definition) is 0. The average Bonchev–Trinajstić information content (AvgIpc) is 3.14. The second kappa shape index (κ2) is 6.62. The van der Waals surface area contributed by atoms with Crippen molar-refractivity contribution in [1.29, 1.82) is 0 Å². The molecule has 1 aromatic rings. The SMILES string of the molecule is [N-]=[N+]=NCC1CN(c2cc(F)c(N3CC4CCC(C3)O4)c(F)c2)C(=O)O1. The standard InChI is InChI=1S/C16H17F2N5O3/c17-13-3-9(23-8-12(5-20-21-19)26-16(23)24)4-14(18)15(13)22-6-10-1-2-11(7-22)25-10/h3-4,10-12H,1-2,5-8H2. The van der Waals surface area contributed by atoms with E-state index < -0.39 is 23.8 Å². The molecule has 10 heteroatoms. The van der Waals surface area contributed by atoms with Crippen molar-refractivity contribution in [2.75, 3.05) is 36.0 Å². The number of carbonyl (C=O) groups is 1. The van der Waals surface area contributed by atoms with Gasteiger partial charge in [0.2, 0.25) is 0 Å². The summed E-state index contributed by atoms with van der Waals surface area (Å²) in [7, 11) is 0. The molecule has 0 aromatic heterocycles. The van der Waals surface area contributed by atoms with Crippen LogP contribution < -0.4 is 9.80 Å². The molecule has 2 bridgehead atoms. The Hall–Kier alpha value is -2.58. The number of rotatable bonds is 4. The molecule has 3 aliphatic rings. The molecule has 0 saturated carbocycles. The maximum absolute atomic E-state index is 14.7. The predicted octanol–water partition coefficient (Wildman–Crippen LogP) is 2.97. The molecule has 3 aliphatic heterocycles. The quantitative estimate of drug-likeness (QED) is 0.466. The third-order valence-corrected chi connectivity index (χ3v) is 4.90. The molecule has 0 spiro atoms. The molecule has 0 radical (unpaired) electrons. The fraction of sp³-hybridized carbons (Fsp3) is 0.562. The molecule has 3 fully saturated rings. The number of amides is 1. The Morgan fingerprint density at radius 2 is 1.85 bits per heavy atom. The first-order valence-corrected chi connectivity index (χ1v) is 8.43. The lowest BCUT2D eigenvalue weighted by Gasteiger charge is -2.34. The molecule has 3 saturated heterocycles. The van der Waals surface area contributed by atoms with E-state index in [1.54, 1.807) is 4.90 Å². The van der Waals surface area contributed by atoms with Crippen LogP contribution in [0.1, 0.15) is 12.8 Å². The molecular formula is C16H17F2N5O3. The first-order valence-electron chi connectivity index (χ1n) is 8.43. The minimum atomic E-state index is -0.729. The second-order valence-corrected chi connectivity index (χ2v) is 6.65. The summed E-state index contributed by atoms with van der Waals surface area (Å²) in [4.78, 5) is 17.4. The van der Waals surface area contributed by atoms with Gasteiger partial charge < -0.3 is 14.4 Å². The molecule has 1 aromatic carbocycles. The molecule has 26 heavy (non-hydrogen) atoms. The highest BCUT2D eigenvalue weighted by Gasteiger charge is 2.37. The number of hydrogen-bond acceptors (Lipinski definition) is 5. The molecule has 138 valence electrons. The summed E-state index contributed by atoms with van der Waals surface area (Å²) in [6.45, 7) is 0.934. The maximum Gasteiger partial charge on any atom is 0.414 e. The van der Waals surface area contributed by atoms with Crippen molar-refractivity contribution in [3.8, 4) is 0 Å². The zero-order valence-corrected chi connectivity index (χ0v) is 13.8. The van der Waals surface area contributed by atoms with Crippen LogP contribution in [0.2, 0.25) is 0 Å². The first kappa shape index (κ1) is 16.9. The molecule has 0 aliphatic carbocycles. The largest absolute Gasteiger partial charge is 0.444 e. The number of fused-ring (bicyclic) bond motifs is 2. The van der Waals surface area contributed by atoms with Crippen LogP contribution in [0.25, 0.3) is 10.4 Å². The normalized spacial score (nSPS) is 27.5. The molecule has 3 unspecified atom stereocenters. The van der Waals surface area contributed by atoms with Crippen LogP contribution in [0.3, 0.4) is 0 Å². The molecule has 3 heterocycles. The summed E-state index contributed by atoms with van der Waals surface area (Å²) in [5.41, 5.74) is 8.32. The number of carbonyl (C=O) groups excluding carboxylic acids is 1. The van der Waals surface area contributed by atoms with Gasteiger partial charge in [-0.3, -0.25) is 4.90 Å². The van der Waals surface area contributed by atoms with Crippen LogP contribution in [0.15, 0.2) is 17.2 Å². The zero-order chi connectivity index (χ0) is 18.3. The van der Waals surface area contributed by atoms with E-state index in [1.807, 2.05) is 0 Å². The molecule has 0 N–H and O–H groups in total. The Kier molecular flexibility index (Phi) is 4.29. The van der Waals surface area contributed by atoms with Gasteiger partial charge in [-0.1, -0.05) is 5.11 Å². The summed E-state index contributed by atoms with van der Waals surface area (Å²) < 4.78 is 40.1. The van der Waals surface area contributed by atoms with Crippen molar-refractivity contribution in [2.45, 2.75) is 31.2 Å². The molecular weight excluding hydrogens is 348 g/mol. The van der Waals surface area contributed by atoms with Crippen molar-refractivity contribution >= 4 is 17.5 Å². The first-order chi connectivity index (χ1) is 12.5. The minimum absolute atomic E-state index is 0.00207. The van der Waals surface area contributed by atoms with Gasteiger partial charge in [0.25, 0.3) is 0 Å². The maximum atomic E-state index is 14.7. The Balaban J connectivity index is 1.56. The van der Waals surface area contributed by atoms with Crippen LogP contribution in [0.5, 0.6) is 0 Å². The summed E-state index contributed by atoms with van der Waals surface area (Å²) in [5.74, 6) is -1.46. The van der Waals surface area contributed by atoms with Crippen LogP contribution >= 0.6 is 0 Å². The average molecular weight is 365 g/mol. The molecule has 3 atom stereocenters. The van der Waals surface area contributed by atoms with Gasteiger partial charge in [0, 0.05) is 30.1 Å². The second-order valence-electron chi connectivity index (χ2n) is 6.65. The lowest BCUT2D eigenvalue weighted by molar-refractivity contribution is 0.0300. The van der Waals surface area contributed by atoms with Gasteiger partial charge in [-0.05, 0) is 18.4 Å². The van der Waals surface area contributed by atoms with Crippen molar-refractivity contribution in [2.24, 2.45) is 5.11 Å². The van der Waals surface area contributed by atoms with E-state index in [2.05, 4.69) is 10.0 Å². The Morgan fingerprint density at radius 3 is 2.46 bits per heavy atom. The summed E-state index contributed by atoms with van der Waals surface area (Å²) >= 11 is 0. The van der Waals surface area contributed by atoms with E-state index in [0.717, 1.165) is 29.9 Å². The lowest BCUT2D eigenvalue weighted by atomic mass is 10.2. The summed E-state index contributed by atoms with van der Waals surface area (Å²) in [6.07, 6.45) is 0.436.